The molecule has 1 N–H and O–H groups in total. The molecule has 20 heavy (non-hydrogen) atoms. The molecule has 2 atom stereocenters. The summed E-state index contributed by atoms with van der Waals surface area (Å²) < 4.78 is 1.67. The van der Waals surface area contributed by atoms with Gasteiger partial charge < -0.3 is 5.32 Å². The molecule has 6 heteroatoms. The van der Waals surface area contributed by atoms with E-state index in [0.29, 0.717) is 12.8 Å². The highest BCUT2D eigenvalue weighted by molar-refractivity contribution is 6.08. The summed E-state index contributed by atoms with van der Waals surface area (Å²) in [7, 11) is 1.81. The lowest BCUT2D eigenvalue weighted by Crippen LogP contribution is -2.63. The number of hydrogen-bond donors (Lipinski definition) is 1. The second-order valence-corrected chi connectivity index (χ2v) is 5.26. The molecule has 2 amide bonds. The van der Waals surface area contributed by atoms with Crippen LogP contribution in [-0.2, 0) is 16.6 Å². The molecule has 6 nitrogen and oxygen atoms in total. The summed E-state index contributed by atoms with van der Waals surface area (Å²) in [6, 6.07) is -0.867. The Hall–Kier alpha value is -1.85. The number of hydrogen-bond acceptors (Lipinski definition) is 3. The number of nitrogens with zero attached hydrogens (tertiary/aromatic N) is 3. The molecular weight excluding hydrogens is 256 g/mol. The lowest BCUT2D eigenvalue weighted by Gasteiger charge is -2.38. The molecule has 2 heterocycles. The average molecular weight is 278 g/mol. The first-order chi connectivity index (χ1) is 9.49. The lowest BCUT2D eigenvalue weighted by atomic mass is 10.0. The van der Waals surface area contributed by atoms with Crippen LogP contribution in [-0.4, -0.2) is 33.7 Å². The van der Waals surface area contributed by atoms with Gasteiger partial charge in [0.1, 0.15) is 12.1 Å². The summed E-state index contributed by atoms with van der Waals surface area (Å²) in [5.74, 6) is -0.108. The van der Waals surface area contributed by atoms with Gasteiger partial charge in [-0.2, -0.15) is 5.10 Å². The monoisotopic (exact) mass is 278 g/mol. The Morgan fingerprint density at radius 3 is 2.55 bits per heavy atom. The molecule has 0 saturated carbocycles. The van der Waals surface area contributed by atoms with Crippen molar-refractivity contribution < 1.29 is 9.59 Å². The third-order valence-electron chi connectivity index (χ3n) is 3.68. The van der Waals surface area contributed by atoms with Crippen molar-refractivity contribution in [2.45, 2.75) is 52.1 Å². The maximum atomic E-state index is 12.7. The van der Waals surface area contributed by atoms with Crippen LogP contribution in [0.1, 0.15) is 38.8 Å². The second kappa shape index (κ2) is 5.64. The molecule has 110 valence electrons. The molecule has 1 aromatic heterocycles. The Morgan fingerprint density at radius 2 is 2.05 bits per heavy atom. The average Bonchev–Trinajstić information content (AvgIpc) is 2.72. The van der Waals surface area contributed by atoms with Crippen molar-refractivity contribution in [3.63, 3.8) is 0 Å². The maximum Gasteiger partial charge on any atom is 0.250 e. The van der Waals surface area contributed by atoms with Gasteiger partial charge in [0.15, 0.2) is 0 Å². The summed E-state index contributed by atoms with van der Waals surface area (Å²) >= 11 is 0. The van der Waals surface area contributed by atoms with Gasteiger partial charge in [0, 0.05) is 13.2 Å². The first-order valence-electron chi connectivity index (χ1n) is 7.13. The van der Waals surface area contributed by atoms with Crippen molar-refractivity contribution in [2.75, 3.05) is 4.90 Å². The molecule has 1 saturated heterocycles. The normalized spacial score (nSPS) is 23.1. The molecule has 1 aliphatic heterocycles. The van der Waals surface area contributed by atoms with Crippen molar-refractivity contribution >= 4 is 17.5 Å². The van der Waals surface area contributed by atoms with Gasteiger partial charge in [0.25, 0.3) is 0 Å². The van der Waals surface area contributed by atoms with Crippen LogP contribution in [0.5, 0.6) is 0 Å². The molecule has 1 aliphatic rings. The summed E-state index contributed by atoms with van der Waals surface area (Å²) in [6.07, 6.45) is 3.91. The van der Waals surface area contributed by atoms with Gasteiger partial charge in [-0.05, 0) is 19.8 Å². The third-order valence-corrected chi connectivity index (χ3v) is 3.68. The number of carbonyl (C=O) groups excluding carboxylic acids is 2. The minimum Gasteiger partial charge on any atom is -0.342 e. The minimum atomic E-state index is -0.446. The number of carbonyl (C=O) groups is 2. The quantitative estimate of drug-likeness (QED) is 0.898. The van der Waals surface area contributed by atoms with Gasteiger partial charge >= 0.3 is 0 Å². The van der Waals surface area contributed by atoms with Gasteiger partial charge in [-0.1, -0.05) is 20.3 Å². The van der Waals surface area contributed by atoms with E-state index < -0.39 is 12.1 Å². The molecule has 0 aromatic carbocycles. The van der Waals surface area contributed by atoms with E-state index in [-0.39, 0.29) is 11.8 Å². The van der Waals surface area contributed by atoms with E-state index in [0.717, 1.165) is 17.8 Å². The first kappa shape index (κ1) is 14.6. The summed E-state index contributed by atoms with van der Waals surface area (Å²) in [5, 5.41) is 7.11. The molecule has 0 aliphatic carbocycles. The predicted molar refractivity (Wildman–Crippen MR) is 76.3 cm³/mol. The Balaban J connectivity index is 2.41. The molecule has 2 rings (SSSR count). The van der Waals surface area contributed by atoms with Crippen molar-refractivity contribution in [3.8, 4) is 0 Å². The molecular formula is C14H22N4O2. The predicted octanol–water partition coefficient (Wildman–Crippen LogP) is 1.14. The molecule has 0 spiro atoms. The number of anilines is 1. The number of rotatable bonds is 4. The van der Waals surface area contributed by atoms with Crippen LogP contribution in [0, 0.1) is 6.92 Å². The highest BCUT2D eigenvalue weighted by Gasteiger charge is 2.41. The smallest absolute Gasteiger partial charge is 0.250 e. The van der Waals surface area contributed by atoms with Crippen LogP contribution < -0.4 is 10.2 Å². The molecule has 0 radical (unpaired) electrons. The van der Waals surface area contributed by atoms with E-state index >= 15 is 0 Å². The van der Waals surface area contributed by atoms with E-state index in [4.69, 9.17) is 0 Å². The van der Waals surface area contributed by atoms with E-state index in [9.17, 15) is 9.59 Å². The fourth-order valence-corrected chi connectivity index (χ4v) is 2.73. The topological polar surface area (TPSA) is 67.2 Å². The number of aromatic nitrogens is 2. The summed E-state index contributed by atoms with van der Waals surface area (Å²) in [6.45, 7) is 5.78. The Kier molecular flexibility index (Phi) is 4.11. The summed E-state index contributed by atoms with van der Waals surface area (Å²) in [5.41, 5.74) is 1.50. The minimum absolute atomic E-state index is 0.0330. The Bertz CT molecular complexity index is 523. The lowest BCUT2D eigenvalue weighted by molar-refractivity contribution is -0.134. The fourth-order valence-electron chi connectivity index (χ4n) is 2.73. The number of nitrogens with one attached hydrogen (secondary N) is 1. The van der Waals surface area contributed by atoms with Crippen molar-refractivity contribution in [1.29, 1.82) is 0 Å². The molecule has 2 unspecified atom stereocenters. The van der Waals surface area contributed by atoms with Crippen molar-refractivity contribution in [3.05, 3.63) is 11.9 Å². The zero-order valence-electron chi connectivity index (χ0n) is 12.5. The third kappa shape index (κ3) is 2.42. The standard InChI is InChI=1S/C14H22N4O2/c1-5-7-10-14(20)18(11(6-2)13(19)15-10)12-8-17(4)16-9(12)3/h8,10-11H,5-7H2,1-4H3,(H,15,19). The highest BCUT2D eigenvalue weighted by atomic mass is 16.2. The second-order valence-electron chi connectivity index (χ2n) is 5.26. The van der Waals surface area contributed by atoms with Crippen LogP contribution in [0.15, 0.2) is 6.20 Å². The summed E-state index contributed by atoms with van der Waals surface area (Å²) in [4.78, 5) is 26.5. The van der Waals surface area contributed by atoms with E-state index in [1.807, 2.05) is 27.8 Å². The van der Waals surface area contributed by atoms with Gasteiger partial charge in [-0.25, -0.2) is 0 Å². The molecule has 0 bridgehead atoms. The van der Waals surface area contributed by atoms with Gasteiger partial charge in [-0.15, -0.1) is 0 Å². The van der Waals surface area contributed by atoms with E-state index in [1.54, 1.807) is 15.8 Å². The molecule has 1 aromatic rings. The van der Waals surface area contributed by atoms with Crippen LogP contribution in [0.4, 0.5) is 5.69 Å². The van der Waals surface area contributed by atoms with Gasteiger partial charge in [-0.3, -0.25) is 19.2 Å². The number of aryl methyl sites for hydroxylation is 2. The van der Waals surface area contributed by atoms with Gasteiger partial charge in [0.05, 0.1) is 11.4 Å². The van der Waals surface area contributed by atoms with Crippen LogP contribution >= 0.6 is 0 Å². The van der Waals surface area contributed by atoms with Crippen molar-refractivity contribution in [1.82, 2.24) is 15.1 Å². The van der Waals surface area contributed by atoms with E-state index in [2.05, 4.69) is 10.4 Å². The number of amides is 2. The SMILES string of the molecule is CCCC1NC(=O)C(CC)N(c2cn(C)nc2C)C1=O. The largest absolute Gasteiger partial charge is 0.342 e. The number of piperazine rings is 1. The highest BCUT2D eigenvalue weighted by Crippen LogP contribution is 2.26. The van der Waals surface area contributed by atoms with Crippen LogP contribution in [0.25, 0.3) is 0 Å². The van der Waals surface area contributed by atoms with Crippen molar-refractivity contribution in [2.24, 2.45) is 7.05 Å². The first-order valence-corrected chi connectivity index (χ1v) is 7.13. The molecule has 1 fully saturated rings. The maximum absolute atomic E-state index is 12.7. The van der Waals surface area contributed by atoms with Crippen LogP contribution in [0.3, 0.4) is 0 Å². The van der Waals surface area contributed by atoms with Gasteiger partial charge in [0.2, 0.25) is 11.8 Å². The Labute approximate surface area is 119 Å². The van der Waals surface area contributed by atoms with E-state index in [1.165, 1.54) is 0 Å². The Morgan fingerprint density at radius 1 is 1.35 bits per heavy atom. The fraction of sp³-hybridized carbons (Fsp3) is 0.643. The zero-order valence-corrected chi connectivity index (χ0v) is 12.5. The van der Waals surface area contributed by atoms with Crippen LogP contribution in [0.2, 0.25) is 0 Å². The zero-order chi connectivity index (χ0) is 14.9.